The summed E-state index contributed by atoms with van der Waals surface area (Å²) in [4.78, 5) is 10.8. The summed E-state index contributed by atoms with van der Waals surface area (Å²) in [6.45, 7) is 0.199. The lowest BCUT2D eigenvalue weighted by Crippen LogP contribution is -1.99. The highest BCUT2D eigenvalue weighted by atomic mass is 79.9. The second-order valence-electron chi connectivity index (χ2n) is 3.99. The fourth-order valence-electron chi connectivity index (χ4n) is 1.54. The van der Waals surface area contributed by atoms with Crippen molar-refractivity contribution in [1.82, 2.24) is 0 Å². The third-order valence-electron chi connectivity index (χ3n) is 2.56. The summed E-state index contributed by atoms with van der Waals surface area (Å²) in [7, 11) is 0. The van der Waals surface area contributed by atoms with E-state index in [0.29, 0.717) is 15.8 Å². The second kappa shape index (κ2) is 6.24. The molecule has 0 amide bonds. The van der Waals surface area contributed by atoms with Gasteiger partial charge in [0.15, 0.2) is 0 Å². The molecule has 2 aromatic rings. The fourth-order valence-corrected chi connectivity index (χ4v) is 2.24. The van der Waals surface area contributed by atoms with Crippen molar-refractivity contribution in [3.63, 3.8) is 0 Å². The zero-order chi connectivity index (χ0) is 14.7. The Morgan fingerprint density at radius 1 is 1.30 bits per heavy atom. The smallest absolute Gasteiger partial charge is 0.335 e. The number of halogens is 3. The zero-order valence-electron chi connectivity index (χ0n) is 10.1. The molecule has 0 unspecified atom stereocenters. The van der Waals surface area contributed by atoms with Gasteiger partial charge in [0.1, 0.15) is 18.2 Å². The Balaban J connectivity index is 2.10. The maximum Gasteiger partial charge on any atom is 0.335 e. The van der Waals surface area contributed by atoms with Crippen LogP contribution in [0.25, 0.3) is 0 Å². The number of carboxylic acid groups (broad SMARTS) is 1. The van der Waals surface area contributed by atoms with E-state index >= 15 is 0 Å². The predicted molar refractivity (Wildman–Crippen MR) is 76.8 cm³/mol. The lowest BCUT2D eigenvalue weighted by Gasteiger charge is -2.09. The highest BCUT2D eigenvalue weighted by Crippen LogP contribution is 2.27. The summed E-state index contributed by atoms with van der Waals surface area (Å²) in [6, 6.07) is 8.77. The lowest BCUT2D eigenvalue weighted by molar-refractivity contribution is 0.0696. The molecule has 0 radical (unpaired) electrons. The Morgan fingerprint density at radius 2 is 2.05 bits per heavy atom. The Hall–Kier alpha value is -1.59. The first-order chi connectivity index (χ1) is 9.47. The number of hydrogen-bond donors (Lipinski definition) is 1. The number of carbonyl (C=O) groups is 1. The van der Waals surface area contributed by atoms with Crippen LogP contribution in [0.2, 0.25) is 5.02 Å². The number of benzene rings is 2. The molecule has 0 aromatic heterocycles. The molecule has 20 heavy (non-hydrogen) atoms. The maximum absolute atomic E-state index is 13.0. The van der Waals surface area contributed by atoms with Crippen LogP contribution in [0.15, 0.2) is 40.9 Å². The number of rotatable bonds is 4. The van der Waals surface area contributed by atoms with Gasteiger partial charge in [-0.05, 0) is 51.8 Å². The van der Waals surface area contributed by atoms with Crippen molar-refractivity contribution in [2.75, 3.05) is 0 Å². The largest absolute Gasteiger partial charge is 0.488 e. The van der Waals surface area contributed by atoms with E-state index in [1.165, 1.54) is 24.3 Å². The molecule has 0 aliphatic heterocycles. The molecule has 0 aliphatic carbocycles. The van der Waals surface area contributed by atoms with Crippen LogP contribution in [0.1, 0.15) is 15.9 Å². The molecule has 0 bridgehead atoms. The van der Waals surface area contributed by atoms with Gasteiger partial charge >= 0.3 is 5.97 Å². The number of hydrogen-bond acceptors (Lipinski definition) is 2. The number of aromatic carboxylic acids is 1. The van der Waals surface area contributed by atoms with E-state index in [1.807, 2.05) is 0 Å². The monoisotopic (exact) mass is 358 g/mol. The molecular weight excluding hydrogens is 351 g/mol. The van der Waals surface area contributed by atoms with E-state index in [9.17, 15) is 9.18 Å². The molecule has 1 N–H and O–H groups in total. The van der Waals surface area contributed by atoms with Crippen molar-refractivity contribution in [3.8, 4) is 5.75 Å². The number of ether oxygens (including phenoxy) is 1. The van der Waals surface area contributed by atoms with Crippen LogP contribution >= 0.6 is 27.5 Å². The normalized spacial score (nSPS) is 10.3. The molecule has 0 saturated heterocycles. The van der Waals surface area contributed by atoms with Crippen LogP contribution < -0.4 is 4.74 Å². The maximum atomic E-state index is 13.0. The Labute approximate surface area is 128 Å². The van der Waals surface area contributed by atoms with Gasteiger partial charge in [0, 0.05) is 0 Å². The first kappa shape index (κ1) is 14.8. The highest BCUT2D eigenvalue weighted by molar-refractivity contribution is 9.10. The minimum Gasteiger partial charge on any atom is -0.488 e. The molecule has 2 aromatic carbocycles. The molecule has 6 heteroatoms. The lowest BCUT2D eigenvalue weighted by atomic mass is 10.2. The molecule has 0 fully saturated rings. The van der Waals surface area contributed by atoms with Crippen LogP contribution in [0.3, 0.4) is 0 Å². The van der Waals surface area contributed by atoms with Gasteiger partial charge < -0.3 is 9.84 Å². The van der Waals surface area contributed by atoms with Crippen LogP contribution in [0.5, 0.6) is 5.75 Å². The van der Waals surface area contributed by atoms with E-state index in [0.717, 1.165) is 0 Å². The molecule has 0 heterocycles. The first-order valence-electron chi connectivity index (χ1n) is 5.57. The molecule has 0 atom stereocenters. The van der Waals surface area contributed by atoms with Crippen molar-refractivity contribution < 1.29 is 19.0 Å². The fraction of sp³-hybridized carbons (Fsp3) is 0.0714. The summed E-state index contributed by atoms with van der Waals surface area (Å²) >= 11 is 8.92. The standard InChI is InChI=1S/C14H9BrClFO3/c15-10-6-9(14(18)19)2-4-13(10)20-7-8-1-3-12(17)11(16)5-8/h1-6H,7H2,(H,18,19). The van der Waals surface area contributed by atoms with E-state index in [4.69, 9.17) is 21.4 Å². The Morgan fingerprint density at radius 3 is 2.65 bits per heavy atom. The van der Waals surface area contributed by atoms with Gasteiger partial charge in [-0.1, -0.05) is 17.7 Å². The van der Waals surface area contributed by atoms with Gasteiger partial charge in [0.25, 0.3) is 0 Å². The minimum atomic E-state index is -1.01. The van der Waals surface area contributed by atoms with Crippen molar-refractivity contribution in [3.05, 3.63) is 62.8 Å². The summed E-state index contributed by atoms with van der Waals surface area (Å²) in [5, 5.41) is 8.89. The Kier molecular flexibility index (Phi) is 4.62. The van der Waals surface area contributed by atoms with Crippen molar-refractivity contribution in [2.45, 2.75) is 6.61 Å². The minimum absolute atomic E-state index is 0.0337. The van der Waals surface area contributed by atoms with E-state index < -0.39 is 11.8 Å². The van der Waals surface area contributed by atoms with E-state index in [1.54, 1.807) is 12.1 Å². The third kappa shape index (κ3) is 3.49. The molecule has 104 valence electrons. The van der Waals surface area contributed by atoms with Crippen molar-refractivity contribution in [2.24, 2.45) is 0 Å². The summed E-state index contributed by atoms with van der Waals surface area (Å²) in [6.07, 6.45) is 0. The second-order valence-corrected chi connectivity index (χ2v) is 5.25. The van der Waals surface area contributed by atoms with Gasteiger partial charge in [-0.2, -0.15) is 0 Å². The first-order valence-corrected chi connectivity index (χ1v) is 6.74. The van der Waals surface area contributed by atoms with Crippen molar-refractivity contribution in [1.29, 1.82) is 0 Å². The van der Waals surface area contributed by atoms with E-state index in [-0.39, 0.29) is 17.2 Å². The number of carboxylic acids is 1. The van der Waals surface area contributed by atoms with Gasteiger partial charge in [-0.3, -0.25) is 0 Å². The quantitative estimate of drug-likeness (QED) is 0.873. The molecule has 0 aliphatic rings. The SMILES string of the molecule is O=C(O)c1ccc(OCc2ccc(F)c(Cl)c2)c(Br)c1. The molecule has 2 rings (SSSR count). The van der Waals surface area contributed by atoms with Crippen LogP contribution in [-0.2, 0) is 6.61 Å². The van der Waals surface area contributed by atoms with Crippen LogP contribution in [-0.4, -0.2) is 11.1 Å². The van der Waals surface area contributed by atoms with Gasteiger partial charge in [0.2, 0.25) is 0 Å². The topological polar surface area (TPSA) is 46.5 Å². The van der Waals surface area contributed by atoms with Crippen LogP contribution in [0, 0.1) is 5.82 Å². The average Bonchev–Trinajstić information content (AvgIpc) is 2.41. The van der Waals surface area contributed by atoms with Gasteiger partial charge in [-0.15, -0.1) is 0 Å². The van der Waals surface area contributed by atoms with Crippen molar-refractivity contribution >= 4 is 33.5 Å². The molecular formula is C14H9BrClFO3. The molecule has 0 spiro atoms. The van der Waals surface area contributed by atoms with Gasteiger partial charge in [-0.25, -0.2) is 9.18 Å². The van der Waals surface area contributed by atoms with Gasteiger partial charge in [0.05, 0.1) is 15.1 Å². The zero-order valence-corrected chi connectivity index (χ0v) is 12.4. The predicted octanol–water partition coefficient (Wildman–Crippen LogP) is 4.52. The van der Waals surface area contributed by atoms with Crippen LogP contribution in [0.4, 0.5) is 4.39 Å². The van der Waals surface area contributed by atoms with E-state index in [2.05, 4.69) is 15.9 Å². The molecule has 0 saturated carbocycles. The summed E-state index contributed by atoms with van der Waals surface area (Å²) in [5.74, 6) is -1.000. The average molecular weight is 360 g/mol. The Bertz CT molecular complexity index is 661. The summed E-state index contributed by atoms with van der Waals surface area (Å²) in [5.41, 5.74) is 0.875. The highest BCUT2D eigenvalue weighted by Gasteiger charge is 2.08. The third-order valence-corrected chi connectivity index (χ3v) is 3.47. The molecule has 3 nitrogen and oxygen atoms in total. The summed E-state index contributed by atoms with van der Waals surface area (Å²) < 4.78 is 19.1.